The number of piperidine rings is 1. The van der Waals surface area contributed by atoms with Crippen LogP contribution in [0.2, 0.25) is 0 Å². The van der Waals surface area contributed by atoms with Gasteiger partial charge < -0.3 is 35.0 Å². The molecular formula is C29H37N5O4S. The van der Waals surface area contributed by atoms with E-state index < -0.39 is 6.10 Å². The number of hydrogen-bond donors (Lipinski definition) is 3. The molecule has 2 aromatic rings. The van der Waals surface area contributed by atoms with Crippen molar-refractivity contribution in [1.29, 1.82) is 0 Å². The molecule has 0 aromatic heterocycles. The number of amides is 1. The van der Waals surface area contributed by atoms with E-state index in [0.717, 1.165) is 62.8 Å². The number of aliphatic hydroxyl groups is 1. The Balaban J connectivity index is 1.04. The van der Waals surface area contributed by atoms with Crippen LogP contribution in [-0.4, -0.2) is 103 Å². The van der Waals surface area contributed by atoms with Gasteiger partial charge in [-0.15, -0.1) is 0 Å². The van der Waals surface area contributed by atoms with Crippen LogP contribution < -0.4 is 15.0 Å². The van der Waals surface area contributed by atoms with Gasteiger partial charge in [-0.05, 0) is 79.7 Å². The largest absolute Gasteiger partial charge is 0.508 e. The van der Waals surface area contributed by atoms with E-state index in [1.54, 1.807) is 24.3 Å². The van der Waals surface area contributed by atoms with Crippen molar-refractivity contribution in [1.82, 2.24) is 15.1 Å². The third-order valence-electron chi connectivity index (χ3n) is 7.36. The lowest BCUT2D eigenvalue weighted by atomic mass is 10.0. The molecule has 2 fully saturated rings. The predicted molar refractivity (Wildman–Crippen MR) is 156 cm³/mol. The minimum absolute atomic E-state index is 0.149. The van der Waals surface area contributed by atoms with Crippen LogP contribution >= 0.6 is 11.8 Å². The molecule has 5 rings (SSSR count). The van der Waals surface area contributed by atoms with Gasteiger partial charge in [0.1, 0.15) is 24.2 Å². The van der Waals surface area contributed by atoms with Crippen molar-refractivity contribution in [3.63, 3.8) is 0 Å². The summed E-state index contributed by atoms with van der Waals surface area (Å²) in [6.45, 7) is 6.33. The van der Waals surface area contributed by atoms with E-state index in [2.05, 4.69) is 56.3 Å². The zero-order valence-corrected chi connectivity index (χ0v) is 23.1. The van der Waals surface area contributed by atoms with Gasteiger partial charge in [-0.25, -0.2) is 0 Å². The fourth-order valence-electron chi connectivity index (χ4n) is 4.90. The van der Waals surface area contributed by atoms with E-state index >= 15 is 0 Å². The highest BCUT2D eigenvalue weighted by atomic mass is 32.2. The lowest BCUT2D eigenvalue weighted by Gasteiger charge is -2.34. The van der Waals surface area contributed by atoms with E-state index in [0.29, 0.717) is 23.2 Å². The van der Waals surface area contributed by atoms with E-state index in [4.69, 9.17) is 4.74 Å². The maximum atomic E-state index is 12.5. The molecule has 3 N–H and O–H groups in total. The Kier molecular flexibility index (Phi) is 9.08. The zero-order valence-electron chi connectivity index (χ0n) is 22.3. The number of phenols is 1. The fourth-order valence-corrected chi connectivity index (χ4v) is 5.87. The first-order valence-corrected chi connectivity index (χ1v) is 14.4. The highest BCUT2D eigenvalue weighted by Crippen LogP contribution is 2.31. The first-order valence-electron chi connectivity index (χ1n) is 13.6. The van der Waals surface area contributed by atoms with Gasteiger partial charge in [-0.2, -0.15) is 4.99 Å². The summed E-state index contributed by atoms with van der Waals surface area (Å²) in [6, 6.07) is 15.2. The maximum absolute atomic E-state index is 12.5. The van der Waals surface area contributed by atoms with Gasteiger partial charge >= 0.3 is 0 Å². The van der Waals surface area contributed by atoms with E-state index in [1.807, 2.05) is 6.08 Å². The van der Waals surface area contributed by atoms with Gasteiger partial charge in [0, 0.05) is 57.5 Å². The van der Waals surface area contributed by atoms with E-state index in [9.17, 15) is 15.0 Å². The SMILES string of the molecule is CN1CCN(C2=NC(=O)C(=Cc3ccc(N4CCC(NC[C@H](O)COc5ccc(O)cc5)CC4)cc3)S2)CC1. The second-order valence-electron chi connectivity index (χ2n) is 10.3. The number of phenolic OH excluding ortho intramolecular Hbond substituents is 1. The highest BCUT2D eigenvalue weighted by molar-refractivity contribution is 8.18. The van der Waals surface area contributed by atoms with Crippen LogP contribution in [-0.2, 0) is 4.79 Å². The smallest absolute Gasteiger partial charge is 0.286 e. The Morgan fingerprint density at radius 1 is 1.03 bits per heavy atom. The van der Waals surface area contributed by atoms with Crippen molar-refractivity contribution in [3.05, 3.63) is 59.0 Å². The third-order valence-corrected chi connectivity index (χ3v) is 8.40. The summed E-state index contributed by atoms with van der Waals surface area (Å²) >= 11 is 1.48. The quantitative estimate of drug-likeness (QED) is 0.428. The number of hydrogen-bond acceptors (Lipinski definition) is 9. The van der Waals surface area contributed by atoms with E-state index in [1.165, 1.54) is 17.4 Å². The van der Waals surface area contributed by atoms with Gasteiger partial charge in [0.25, 0.3) is 5.91 Å². The zero-order chi connectivity index (χ0) is 27.2. The number of ether oxygens (including phenoxy) is 1. The highest BCUT2D eigenvalue weighted by Gasteiger charge is 2.28. The molecule has 9 nitrogen and oxygen atoms in total. The minimum atomic E-state index is -0.605. The number of benzene rings is 2. The van der Waals surface area contributed by atoms with Gasteiger partial charge in [-0.1, -0.05) is 12.1 Å². The average Bonchev–Trinajstić information content (AvgIpc) is 3.32. The molecule has 1 atom stereocenters. The molecule has 3 aliphatic heterocycles. The summed E-state index contributed by atoms with van der Waals surface area (Å²) < 4.78 is 5.59. The van der Waals surface area contributed by atoms with Crippen molar-refractivity contribution in [2.75, 3.05) is 64.4 Å². The second-order valence-corrected chi connectivity index (χ2v) is 11.3. The van der Waals surface area contributed by atoms with Crippen molar-refractivity contribution in [2.45, 2.75) is 25.0 Å². The average molecular weight is 552 g/mol. The molecule has 39 heavy (non-hydrogen) atoms. The molecule has 0 radical (unpaired) electrons. The van der Waals surface area contributed by atoms with Gasteiger partial charge in [0.15, 0.2) is 5.17 Å². The van der Waals surface area contributed by atoms with Crippen LogP contribution in [0.4, 0.5) is 5.69 Å². The lowest BCUT2D eigenvalue weighted by molar-refractivity contribution is -0.113. The Labute approximate surface area is 234 Å². The number of aromatic hydroxyl groups is 1. The maximum Gasteiger partial charge on any atom is 0.286 e. The molecule has 0 spiro atoms. The molecule has 3 heterocycles. The number of carbonyl (C=O) groups excluding carboxylic acids is 1. The molecule has 0 unspecified atom stereocenters. The summed E-state index contributed by atoms with van der Waals surface area (Å²) in [7, 11) is 2.12. The Bertz CT molecular complexity index is 1170. The van der Waals surface area contributed by atoms with Crippen LogP contribution in [0, 0.1) is 0 Å². The number of rotatable bonds is 8. The lowest BCUT2D eigenvalue weighted by Crippen LogP contribution is -2.46. The second kappa shape index (κ2) is 12.9. The molecule has 2 saturated heterocycles. The van der Waals surface area contributed by atoms with Crippen molar-refractivity contribution >= 4 is 34.6 Å². The molecule has 1 amide bonds. The first kappa shape index (κ1) is 27.5. The molecule has 0 aliphatic carbocycles. The summed E-state index contributed by atoms with van der Waals surface area (Å²) in [4.78, 5) is 24.3. The molecule has 3 aliphatic rings. The van der Waals surface area contributed by atoms with Crippen LogP contribution in [0.3, 0.4) is 0 Å². The number of carbonyl (C=O) groups is 1. The molecular weight excluding hydrogens is 514 g/mol. The summed E-state index contributed by atoms with van der Waals surface area (Å²) in [5.41, 5.74) is 2.18. The summed E-state index contributed by atoms with van der Waals surface area (Å²) in [5, 5.41) is 23.9. The number of nitrogens with one attached hydrogen (secondary N) is 1. The van der Waals surface area contributed by atoms with Crippen LogP contribution in [0.15, 0.2) is 58.4 Å². The topological polar surface area (TPSA) is 101 Å². The monoisotopic (exact) mass is 551 g/mol. The minimum Gasteiger partial charge on any atom is -0.508 e. The Morgan fingerprint density at radius 3 is 2.41 bits per heavy atom. The number of piperazine rings is 1. The first-order chi connectivity index (χ1) is 18.9. The normalized spacial score (nSPS) is 20.9. The number of anilines is 1. The molecule has 0 bridgehead atoms. The van der Waals surface area contributed by atoms with Crippen LogP contribution in [0.25, 0.3) is 6.08 Å². The molecule has 10 heteroatoms. The number of nitrogens with zero attached hydrogens (tertiary/aromatic N) is 4. The third kappa shape index (κ3) is 7.54. The van der Waals surface area contributed by atoms with E-state index in [-0.39, 0.29) is 18.3 Å². The molecule has 208 valence electrons. The van der Waals surface area contributed by atoms with Gasteiger partial charge in [0.05, 0.1) is 4.91 Å². The van der Waals surface area contributed by atoms with Gasteiger partial charge in [0.2, 0.25) is 0 Å². The van der Waals surface area contributed by atoms with Crippen LogP contribution in [0.5, 0.6) is 11.5 Å². The van der Waals surface area contributed by atoms with Crippen molar-refractivity contribution in [2.24, 2.45) is 4.99 Å². The fraction of sp³-hybridized carbons (Fsp3) is 0.448. The van der Waals surface area contributed by atoms with Gasteiger partial charge in [-0.3, -0.25) is 4.79 Å². The van der Waals surface area contributed by atoms with Crippen LogP contribution in [0.1, 0.15) is 18.4 Å². The molecule has 2 aromatic carbocycles. The number of aliphatic hydroxyl groups excluding tert-OH is 1. The summed E-state index contributed by atoms with van der Waals surface area (Å²) in [6.07, 6.45) is 3.33. The van der Waals surface area contributed by atoms with Crippen molar-refractivity contribution < 1.29 is 19.7 Å². The molecule has 0 saturated carbocycles. The number of likely N-dealkylation sites (N-methyl/N-ethyl adjacent to an activating group) is 1. The Morgan fingerprint density at radius 2 is 1.72 bits per heavy atom. The standard InChI is InChI=1S/C29H37N5O4S/c1-32-14-16-34(17-15-32)29-31-28(37)27(39-29)18-21-2-4-23(5-3-21)33-12-10-22(11-13-33)30-19-25(36)20-38-26-8-6-24(35)7-9-26/h2-9,18,22,25,30,35-36H,10-17,19-20H2,1H3/t25-/m0/s1. The number of thioether (sulfide) groups is 1. The number of amidine groups is 1. The predicted octanol–water partition coefficient (Wildman–Crippen LogP) is 2.61. The van der Waals surface area contributed by atoms with Crippen molar-refractivity contribution in [3.8, 4) is 11.5 Å². The Hall–Kier alpha value is -3.05. The number of aliphatic imine (C=N–C) groups is 1. The summed E-state index contributed by atoms with van der Waals surface area (Å²) in [5.74, 6) is 0.665.